The molecule has 0 spiro atoms. The third-order valence-corrected chi connectivity index (χ3v) is 12.9. The minimum Gasteiger partial charge on any atom is -0.456 e. The zero-order valence-electron chi connectivity index (χ0n) is 34.8. The van der Waals surface area contributed by atoms with Crippen LogP contribution in [-0.2, 0) is 0 Å². The molecule has 0 atom stereocenters. The number of hydrogen-bond donors (Lipinski definition) is 0. The van der Waals surface area contributed by atoms with Gasteiger partial charge in [0.25, 0.3) is 0 Å². The van der Waals surface area contributed by atoms with Crippen molar-refractivity contribution in [2.75, 3.05) is 4.90 Å². The summed E-state index contributed by atoms with van der Waals surface area (Å²) >= 11 is 0. The largest absolute Gasteiger partial charge is 0.456 e. The number of hydrogen-bond acceptors (Lipinski definition) is 2. The average molecular weight is 818 g/mol. The molecule has 10 aromatic carbocycles. The lowest BCUT2D eigenvalue weighted by Crippen LogP contribution is -2.12. The average Bonchev–Trinajstić information content (AvgIpc) is 4.02. The Labute approximate surface area is 369 Å². The Morgan fingerprint density at radius 2 is 0.891 bits per heavy atom. The molecule has 0 aliphatic heterocycles. The van der Waals surface area contributed by atoms with Crippen molar-refractivity contribution in [1.29, 1.82) is 0 Å². The Kier molecular flexibility index (Phi) is 8.18. The van der Waals surface area contributed by atoms with Crippen LogP contribution in [0.1, 0.15) is 0 Å². The molecule has 3 aromatic heterocycles. The first-order valence-electron chi connectivity index (χ1n) is 21.8. The lowest BCUT2D eigenvalue weighted by atomic mass is 9.96. The summed E-state index contributed by atoms with van der Waals surface area (Å²) in [5.41, 5.74) is 16.2. The van der Waals surface area contributed by atoms with Gasteiger partial charge in [-0.2, -0.15) is 0 Å². The van der Waals surface area contributed by atoms with Gasteiger partial charge in [-0.3, -0.25) is 0 Å². The molecule has 64 heavy (non-hydrogen) atoms. The van der Waals surface area contributed by atoms with Crippen molar-refractivity contribution in [2.45, 2.75) is 0 Å². The fourth-order valence-corrected chi connectivity index (χ4v) is 10.1. The van der Waals surface area contributed by atoms with Crippen molar-refractivity contribution in [1.82, 2.24) is 9.13 Å². The maximum absolute atomic E-state index is 6.44. The molecule has 13 rings (SSSR count). The standard InChI is InChI=1S/C60H39N3O/c1-4-18-40(19-5-1)42-32-34-55(50(36-42)41-20-6-2-7-21-41)61(44-33-35-59-51(37-44)48-26-13-17-31-58(48)64-59)45-38-56-60(49-27-12-16-30-54(49)62(56)43-22-8-3-9-23-43)57(39-45)63-52-28-14-10-24-46(52)47-25-11-15-29-53(47)63/h1-39H. The predicted molar refractivity (Wildman–Crippen MR) is 268 cm³/mol. The maximum atomic E-state index is 6.44. The molecule has 0 fully saturated rings. The second-order valence-corrected chi connectivity index (χ2v) is 16.5. The fourth-order valence-electron chi connectivity index (χ4n) is 10.1. The van der Waals surface area contributed by atoms with Gasteiger partial charge in [-0.05, 0) is 95.6 Å². The number of furan rings is 1. The first kappa shape index (κ1) is 36.1. The molecule has 0 bridgehead atoms. The summed E-state index contributed by atoms with van der Waals surface area (Å²) in [4.78, 5) is 2.46. The van der Waals surface area contributed by atoms with Crippen LogP contribution in [0.15, 0.2) is 241 Å². The van der Waals surface area contributed by atoms with Gasteiger partial charge in [-0.15, -0.1) is 0 Å². The summed E-state index contributed by atoms with van der Waals surface area (Å²) in [7, 11) is 0. The number of fused-ring (bicyclic) bond motifs is 9. The number of rotatable bonds is 7. The smallest absolute Gasteiger partial charge is 0.135 e. The Balaban J connectivity index is 1.20. The highest BCUT2D eigenvalue weighted by atomic mass is 16.3. The van der Waals surface area contributed by atoms with Gasteiger partial charge < -0.3 is 18.5 Å². The van der Waals surface area contributed by atoms with Gasteiger partial charge in [0, 0.05) is 49.3 Å². The molecule has 13 aromatic rings. The third kappa shape index (κ3) is 5.63. The normalized spacial score (nSPS) is 11.8. The van der Waals surface area contributed by atoms with E-state index in [2.05, 4.69) is 245 Å². The van der Waals surface area contributed by atoms with Gasteiger partial charge in [0.15, 0.2) is 0 Å². The molecule has 0 amide bonds. The highest BCUT2D eigenvalue weighted by Crippen LogP contribution is 2.48. The molecular formula is C60H39N3O. The van der Waals surface area contributed by atoms with Crippen LogP contribution in [0.25, 0.3) is 99.2 Å². The highest BCUT2D eigenvalue weighted by Gasteiger charge is 2.26. The molecule has 0 aliphatic rings. The Morgan fingerprint density at radius 1 is 0.328 bits per heavy atom. The van der Waals surface area contributed by atoms with Gasteiger partial charge >= 0.3 is 0 Å². The van der Waals surface area contributed by atoms with Crippen molar-refractivity contribution in [3.05, 3.63) is 237 Å². The summed E-state index contributed by atoms with van der Waals surface area (Å²) in [5.74, 6) is 0. The van der Waals surface area contributed by atoms with Crippen LogP contribution < -0.4 is 4.90 Å². The van der Waals surface area contributed by atoms with E-state index in [0.29, 0.717) is 0 Å². The fraction of sp³-hybridized carbons (Fsp3) is 0. The van der Waals surface area contributed by atoms with Crippen molar-refractivity contribution in [2.24, 2.45) is 0 Å². The summed E-state index contributed by atoms with van der Waals surface area (Å²) in [6, 6.07) is 85.4. The van der Waals surface area contributed by atoms with E-state index in [1.54, 1.807) is 0 Å². The molecule has 0 aliphatic carbocycles. The first-order chi connectivity index (χ1) is 31.8. The van der Waals surface area contributed by atoms with E-state index in [1.807, 2.05) is 6.07 Å². The molecule has 4 heteroatoms. The summed E-state index contributed by atoms with van der Waals surface area (Å²) < 4.78 is 11.4. The molecule has 0 radical (unpaired) electrons. The van der Waals surface area contributed by atoms with Crippen molar-refractivity contribution in [3.63, 3.8) is 0 Å². The van der Waals surface area contributed by atoms with E-state index in [-0.39, 0.29) is 0 Å². The monoisotopic (exact) mass is 817 g/mol. The summed E-state index contributed by atoms with van der Waals surface area (Å²) in [6.45, 7) is 0. The molecule has 0 N–H and O–H groups in total. The van der Waals surface area contributed by atoms with E-state index in [4.69, 9.17) is 4.42 Å². The second kappa shape index (κ2) is 14.5. The maximum Gasteiger partial charge on any atom is 0.135 e. The molecule has 300 valence electrons. The van der Waals surface area contributed by atoms with Gasteiger partial charge in [0.05, 0.1) is 39.1 Å². The van der Waals surface area contributed by atoms with Crippen LogP contribution in [0.3, 0.4) is 0 Å². The Morgan fingerprint density at radius 3 is 1.59 bits per heavy atom. The molecule has 0 unspecified atom stereocenters. The third-order valence-electron chi connectivity index (χ3n) is 12.9. The second-order valence-electron chi connectivity index (χ2n) is 16.5. The zero-order valence-corrected chi connectivity index (χ0v) is 34.8. The molecular weight excluding hydrogens is 779 g/mol. The topological polar surface area (TPSA) is 26.2 Å². The van der Waals surface area contributed by atoms with Crippen molar-refractivity contribution >= 4 is 82.6 Å². The SMILES string of the molecule is c1ccc(-c2ccc(N(c3ccc4oc5ccccc5c4c3)c3cc(-n4c5ccccc5c5ccccc54)c4c5ccccc5n(-c5ccccc5)c4c3)c(-c3ccccc3)c2)cc1. The van der Waals surface area contributed by atoms with Crippen LogP contribution in [0.5, 0.6) is 0 Å². The van der Waals surface area contributed by atoms with Crippen molar-refractivity contribution in [3.8, 4) is 33.6 Å². The van der Waals surface area contributed by atoms with Crippen molar-refractivity contribution < 1.29 is 4.42 Å². The van der Waals surface area contributed by atoms with Crippen LogP contribution in [0.2, 0.25) is 0 Å². The lowest BCUT2D eigenvalue weighted by Gasteiger charge is -2.29. The number of benzene rings is 10. The van der Waals surface area contributed by atoms with Crippen LogP contribution in [0, 0.1) is 0 Å². The Bertz CT molecular complexity index is 3840. The number of anilines is 3. The highest BCUT2D eigenvalue weighted by molar-refractivity contribution is 6.18. The van der Waals surface area contributed by atoms with E-state index in [0.717, 1.165) is 89.1 Å². The minimum atomic E-state index is 0.859. The summed E-state index contributed by atoms with van der Waals surface area (Å²) in [6.07, 6.45) is 0. The molecule has 0 saturated carbocycles. The quantitative estimate of drug-likeness (QED) is 0.160. The van der Waals surface area contributed by atoms with Gasteiger partial charge in [-0.1, -0.05) is 158 Å². The number of aromatic nitrogens is 2. The van der Waals surface area contributed by atoms with Gasteiger partial charge in [0.1, 0.15) is 11.2 Å². The molecule has 0 saturated heterocycles. The van der Waals surface area contributed by atoms with Gasteiger partial charge in [0.2, 0.25) is 0 Å². The molecule has 4 nitrogen and oxygen atoms in total. The lowest BCUT2D eigenvalue weighted by molar-refractivity contribution is 0.669. The van der Waals surface area contributed by atoms with Crippen LogP contribution in [-0.4, -0.2) is 9.13 Å². The number of nitrogens with zero attached hydrogens (tertiary/aromatic N) is 3. The van der Waals surface area contributed by atoms with E-state index >= 15 is 0 Å². The summed E-state index contributed by atoms with van der Waals surface area (Å²) in [5, 5.41) is 6.99. The van der Waals surface area contributed by atoms with Crippen LogP contribution in [0.4, 0.5) is 17.1 Å². The number of para-hydroxylation sites is 5. The Hall–Kier alpha value is -8.60. The zero-order chi connectivity index (χ0) is 42.1. The predicted octanol–water partition coefficient (Wildman–Crippen LogP) is 16.6. The van der Waals surface area contributed by atoms with E-state index < -0.39 is 0 Å². The minimum absolute atomic E-state index is 0.859. The van der Waals surface area contributed by atoms with Crippen LogP contribution >= 0.6 is 0 Å². The first-order valence-corrected chi connectivity index (χ1v) is 21.8. The van der Waals surface area contributed by atoms with Gasteiger partial charge in [-0.25, -0.2) is 0 Å². The molecule has 3 heterocycles. The van der Waals surface area contributed by atoms with E-state index in [1.165, 1.54) is 27.1 Å². The van der Waals surface area contributed by atoms with E-state index in [9.17, 15) is 0 Å².